The van der Waals surface area contributed by atoms with Crippen LogP contribution in [0.25, 0.3) is 38.6 Å². The number of nitriles is 1. The fraction of sp³-hybridized carbons (Fsp3) is 0.154. The van der Waals surface area contributed by atoms with Gasteiger partial charge in [-0.1, -0.05) is 30.3 Å². The van der Waals surface area contributed by atoms with Crippen LogP contribution in [0.2, 0.25) is 0 Å². The van der Waals surface area contributed by atoms with Crippen LogP contribution in [0.5, 0.6) is 0 Å². The van der Waals surface area contributed by atoms with E-state index in [0.29, 0.717) is 0 Å². The maximum Gasteiger partial charge on any atom is 0.107 e. The van der Waals surface area contributed by atoms with E-state index in [1.54, 1.807) is 0 Å². The van der Waals surface area contributed by atoms with Gasteiger partial charge in [0.15, 0.2) is 0 Å². The van der Waals surface area contributed by atoms with E-state index in [9.17, 15) is 5.26 Å². The standard InChI is InChI=1S/C26H21N7/c1-26(2,15-27)19-6-3-16(4-7-19)25-24-21-12-17(5-8-22(21)28-14-23(24)30-31-25)18-9-10-33-20(11-18)13-29-32-33/h3-14,20,32H,1-2H3,(H,30,31). The number of hydrogen-bond acceptors (Lipinski definition) is 6. The van der Waals surface area contributed by atoms with Crippen molar-refractivity contribution in [3.8, 4) is 17.3 Å². The van der Waals surface area contributed by atoms with Crippen molar-refractivity contribution in [1.29, 1.82) is 5.26 Å². The summed E-state index contributed by atoms with van der Waals surface area (Å²) in [4.78, 5) is 4.63. The minimum absolute atomic E-state index is 0.107. The summed E-state index contributed by atoms with van der Waals surface area (Å²) in [6, 6.07) is 16.9. The lowest BCUT2D eigenvalue weighted by molar-refractivity contribution is 0.302. The van der Waals surface area contributed by atoms with Crippen molar-refractivity contribution in [3.63, 3.8) is 0 Å². The average molecular weight is 432 g/mol. The molecule has 2 aromatic carbocycles. The minimum Gasteiger partial charge on any atom is -0.276 e. The van der Waals surface area contributed by atoms with Crippen molar-refractivity contribution in [3.05, 3.63) is 78.1 Å². The molecule has 2 N–H and O–H groups in total. The van der Waals surface area contributed by atoms with E-state index in [4.69, 9.17) is 0 Å². The highest BCUT2D eigenvalue weighted by atomic mass is 15.7. The Morgan fingerprint density at radius 3 is 2.73 bits per heavy atom. The van der Waals surface area contributed by atoms with Gasteiger partial charge in [-0.2, -0.15) is 15.5 Å². The second-order valence-corrected chi connectivity index (χ2v) is 8.88. The molecule has 2 aliphatic heterocycles. The molecule has 0 spiro atoms. The molecule has 4 aromatic rings. The van der Waals surface area contributed by atoms with E-state index >= 15 is 0 Å². The van der Waals surface area contributed by atoms with Crippen molar-refractivity contribution in [2.75, 3.05) is 0 Å². The summed E-state index contributed by atoms with van der Waals surface area (Å²) >= 11 is 0. The monoisotopic (exact) mass is 431 g/mol. The Hall–Kier alpha value is -4.44. The summed E-state index contributed by atoms with van der Waals surface area (Å²) in [5.74, 6) is 0. The van der Waals surface area contributed by atoms with Crippen LogP contribution in [-0.4, -0.2) is 32.4 Å². The predicted octanol–water partition coefficient (Wildman–Crippen LogP) is 4.66. The molecule has 7 heteroatoms. The van der Waals surface area contributed by atoms with Crippen LogP contribution in [0, 0.1) is 11.3 Å². The van der Waals surface area contributed by atoms with Crippen LogP contribution < -0.4 is 5.53 Å². The average Bonchev–Trinajstić information content (AvgIpc) is 3.50. The van der Waals surface area contributed by atoms with E-state index in [-0.39, 0.29) is 6.04 Å². The van der Waals surface area contributed by atoms with Crippen molar-refractivity contribution >= 4 is 33.6 Å². The number of nitrogens with one attached hydrogen (secondary N) is 2. The Kier molecular flexibility index (Phi) is 4.11. The van der Waals surface area contributed by atoms with Gasteiger partial charge in [-0.15, -0.1) is 0 Å². The fourth-order valence-electron chi connectivity index (χ4n) is 4.37. The molecule has 2 aromatic heterocycles. The minimum atomic E-state index is -0.534. The molecule has 33 heavy (non-hydrogen) atoms. The van der Waals surface area contributed by atoms with Crippen LogP contribution in [0.15, 0.2) is 72.1 Å². The van der Waals surface area contributed by atoms with Crippen molar-refractivity contribution in [2.45, 2.75) is 25.3 Å². The number of nitrogens with zero attached hydrogens (tertiary/aromatic N) is 5. The lowest BCUT2D eigenvalue weighted by Gasteiger charge is -2.22. The molecule has 0 bridgehead atoms. The Morgan fingerprint density at radius 2 is 1.91 bits per heavy atom. The molecule has 1 atom stereocenters. The van der Waals surface area contributed by atoms with E-state index in [2.05, 4.69) is 62.2 Å². The van der Waals surface area contributed by atoms with E-state index < -0.39 is 5.41 Å². The van der Waals surface area contributed by atoms with Crippen molar-refractivity contribution < 1.29 is 0 Å². The van der Waals surface area contributed by atoms with Gasteiger partial charge in [0.25, 0.3) is 0 Å². The van der Waals surface area contributed by atoms with Gasteiger partial charge in [0.05, 0.1) is 34.9 Å². The number of aromatic amines is 1. The fourth-order valence-corrected chi connectivity index (χ4v) is 4.37. The van der Waals surface area contributed by atoms with Gasteiger partial charge in [0, 0.05) is 22.5 Å². The maximum atomic E-state index is 9.45. The summed E-state index contributed by atoms with van der Waals surface area (Å²) in [5, 5.41) is 25.4. The first-order valence-corrected chi connectivity index (χ1v) is 10.8. The first-order chi connectivity index (χ1) is 16.0. The molecule has 0 saturated carbocycles. The molecule has 1 unspecified atom stereocenters. The van der Waals surface area contributed by atoms with Crippen LogP contribution >= 0.6 is 0 Å². The van der Waals surface area contributed by atoms with Gasteiger partial charge in [0.2, 0.25) is 0 Å². The lowest BCUT2D eigenvalue weighted by atomic mass is 9.86. The molecule has 7 nitrogen and oxygen atoms in total. The van der Waals surface area contributed by atoms with Crippen LogP contribution in [-0.2, 0) is 5.41 Å². The molecule has 6 rings (SSSR count). The smallest absolute Gasteiger partial charge is 0.107 e. The first kappa shape index (κ1) is 19.3. The molecule has 0 amide bonds. The zero-order chi connectivity index (χ0) is 22.6. The zero-order valence-electron chi connectivity index (χ0n) is 18.2. The quantitative estimate of drug-likeness (QED) is 0.492. The number of allylic oxidation sites excluding steroid dienone is 2. The van der Waals surface area contributed by atoms with E-state index in [0.717, 1.165) is 49.8 Å². The van der Waals surface area contributed by atoms with Crippen LogP contribution in [0.3, 0.4) is 0 Å². The van der Waals surface area contributed by atoms with Gasteiger partial charge in [0.1, 0.15) is 11.7 Å². The highest BCUT2D eigenvalue weighted by molar-refractivity contribution is 6.11. The predicted molar refractivity (Wildman–Crippen MR) is 130 cm³/mol. The van der Waals surface area contributed by atoms with Gasteiger partial charge in [-0.3, -0.25) is 15.1 Å². The normalized spacial score (nSPS) is 17.2. The highest BCUT2D eigenvalue weighted by Gasteiger charge is 2.22. The lowest BCUT2D eigenvalue weighted by Crippen LogP contribution is -2.33. The molecule has 2 aliphatic rings. The number of hydrazone groups is 1. The van der Waals surface area contributed by atoms with Gasteiger partial charge in [-0.25, -0.2) is 5.53 Å². The molecular weight excluding hydrogens is 410 g/mol. The second-order valence-electron chi connectivity index (χ2n) is 8.88. The third-order valence-electron chi connectivity index (χ3n) is 6.37. The zero-order valence-corrected chi connectivity index (χ0v) is 18.2. The Morgan fingerprint density at radius 1 is 1.09 bits per heavy atom. The number of rotatable bonds is 3. The van der Waals surface area contributed by atoms with Crippen molar-refractivity contribution in [1.82, 2.24) is 25.7 Å². The summed E-state index contributed by atoms with van der Waals surface area (Å²) < 4.78 is 0. The van der Waals surface area contributed by atoms with Gasteiger partial charge < -0.3 is 0 Å². The number of benzene rings is 2. The molecular formula is C26H21N7. The summed E-state index contributed by atoms with van der Waals surface area (Å²) in [6.45, 7) is 3.85. The Bertz CT molecular complexity index is 1530. The Labute approximate surface area is 190 Å². The summed E-state index contributed by atoms with van der Waals surface area (Å²) in [6.07, 6.45) is 9.99. The first-order valence-electron chi connectivity index (χ1n) is 10.8. The van der Waals surface area contributed by atoms with Crippen molar-refractivity contribution in [2.24, 2.45) is 5.10 Å². The maximum absolute atomic E-state index is 9.45. The number of H-pyrrole nitrogens is 1. The van der Waals surface area contributed by atoms with E-state index in [1.165, 1.54) is 0 Å². The molecule has 0 aliphatic carbocycles. The Balaban J connectivity index is 1.48. The summed E-state index contributed by atoms with van der Waals surface area (Å²) in [5.41, 5.74) is 9.34. The molecule has 160 valence electrons. The number of hydrazine groups is 1. The molecule has 0 saturated heterocycles. The number of fused-ring (bicyclic) bond motifs is 4. The van der Waals surface area contributed by atoms with Crippen LogP contribution in [0.1, 0.15) is 25.0 Å². The topological polar surface area (TPSA) is 93.0 Å². The van der Waals surface area contributed by atoms with Gasteiger partial charge >= 0.3 is 0 Å². The summed E-state index contributed by atoms with van der Waals surface area (Å²) in [7, 11) is 0. The highest BCUT2D eigenvalue weighted by Crippen LogP contribution is 2.35. The molecule has 0 fully saturated rings. The third-order valence-corrected chi connectivity index (χ3v) is 6.37. The third kappa shape index (κ3) is 3.07. The number of pyridine rings is 1. The largest absolute Gasteiger partial charge is 0.276 e. The molecule has 4 heterocycles. The number of aromatic nitrogens is 3. The SMILES string of the molecule is CC(C)(C#N)c1ccc(-c2n[nH]c3cnc4ccc(C5=CC6C=NNN6C=C5)cc4c23)cc1. The van der Waals surface area contributed by atoms with Gasteiger partial charge in [-0.05, 0) is 54.8 Å². The van der Waals surface area contributed by atoms with Crippen LogP contribution in [0.4, 0.5) is 0 Å². The van der Waals surface area contributed by atoms with E-state index in [1.807, 2.05) is 61.7 Å². The molecule has 0 radical (unpaired) electrons. The second kappa shape index (κ2) is 7.04. The number of hydrogen-bond donors (Lipinski definition) is 2.